The molecule has 2 aromatic heterocycles. The van der Waals surface area contributed by atoms with Gasteiger partial charge < -0.3 is 5.11 Å². The number of nitrogens with zero attached hydrogens (tertiary/aromatic N) is 4. The van der Waals surface area contributed by atoms with Crippen molar-refractivity contribution in [3.63, 3.8) is 0 Å². The van der Waals surface area contributed by atoms with Crippen molar-refractivity contribution in [1.29, 1.82) is 0 Å². The summed E-state index contributed by atoms with van der Waals surface area (Å²) in [5, 5.41) is 14.2. The molecule has 0 aliphatic rings. The lowest BCUT2D eigenvalue weighted by atomic mass is 10.2. The summed E-state index contributed by atoms with van der Waals surface area (Å²) in [7, 11) is 1.74. The largest absolute Gasteiger partial charge is 0.391 e. The first-order valence-corrected chi connectivity index (χ1v) is 5.68. The molecule has 2 aromatic rings. The van der Waals surface area contributed by atoms with E-state index in [0.29, 0.717) is 17.5 Å². The molecule has 0 fully saturated rings. The van der Waals surface area contributed by atoms with Crippen molar-refractivity contribution in [2.24, 2.45) is 7.05 Å². The average molecular weight is 236 g/mol. The second kappa shape index (κ2) is 4.67. The number of hydrogen-bond acceptors (Lipinski definition) is 4. The fourth-order valence-electron chi connectivity index (χ4n) is 1.85. The van der Waals surface area contributed by atoms with Gasteiger partial charge in [0.25, 0.3) is 5.56 Å². The van der Waals surface area contributed by atoms with E-state index in [-0.39, 0.29) is 12.1 Å². The lowest BCUT2D eigenvalue weighted by Gasteiger charge is -2.10. The van der Waals surface area contributed by atoms with Crippen molar-refractivity contribution in [3.8, 4) is 0 Å². The Morgan fingerprint density at radius 1 is 1.53 bits per heavy atom. The molecule has 6 nitrogen and oxygen atoms in total. The predicted octanol–water partition coefficient (Wildman–Crippen LogP) is 0.291. The average Bonchev–Trinajstić information content (AvgIpc) is 2.66. The number of aliphatic hydroxyl groups excluding tert-OH is 1. The molecule has 0 spiro atoms. The van der Waals surface area contributed by atoms with Crippen LogP contribution in [0.3, 0.4) is 0 Å². The third kappa shape index (κ3) is 2.21. The molecule has 0 saturated heterocycles. The Labute approximate surface area is 98.5 Å². The Morgan fingerprint density at radius 2 is 2.29 bits per heavy atom. The van der Waals surface area contributed by atoms with Gasteiger partial charge in [0.15, 0.2) is 5.65 Å². The van der Waals surface area contributed by atoms with Crippen LogP contribution in [0.2, 0.25) is 0 Å². The molecule has 17 heavy (non-hydrogen) atoms. The second-order valence-electron chi connectivity index (χ2n) is 4.15. The van der Waals surface area contributed by atoms with Gasteiger partial charge in [0, 0.05) is 7.05 Å². The molecule has 92 valence electrons. The molecular formula is C11H16N4O2. The van der Waals surface area contributed by atoms with Crippen molar-refractivity contribution in [2.75, 3.05) is 0 Å². The van der Waals surface area contributed by atoms with Crippen molar-refractivity contribution < 1.29 is 5.11 Å². The SMILES string of the molecule is CCCC(O)Cn1cnc2c(cnn2C)c1=O. The van der Waals surface area contributed by atoms with Gasteiger partial charge in [-0.25, -0.2) is 4.98 Å². The van der Waals surface area contributed by atoms with Gasteiger partial charge in [0.1, 0.15) is 11.7 Å². The maximum absolute atomic E-state index is 12.0. The molecule has 2 heterocycles. The normalized spacial score (nSPS) is 13.1. The minimum absolute atomic E-state index is 0.154. The number of fused-ring (bicyclic) bond motifs is 1. The van der Waals surface area contributed by atoms with Crippen LogP contribution in [-0.2, 0) is 13.6 Å². The van der Waals surface area contributed by atoms with Crippen LogP contribution < -0.4 is 5.56 Å². The fourth-order valence-corrected chi connectivity index (χ4v) is 1.85. The molecule has 0 bridgehead atoms. The van der Waals surface area contributed by atoms with Gasteiger partial charge in [-0.2, -0.15) is 5.10 Å². The Bertz CT molecular complexity index is 572. The zero-order valence-electron chi connectivity index (χ0n) is 10.00. The minimum Gasteiger partial charge on any atom is -0.391 e. The van der Waals surface area contributed by atoms with E-state index in [1.807, 2.05) is 6.92 Å². The maximum atomic E-state index is 12.0. The molecule has 2 rings (SSSR count). The zero-order valence-corrected chi connectivity index (χ0v) is 10.00. The zero-order chi connectivity index (χ0) is 12.4. The molecule has 0 aliphatic heterocycles. The molecule has 1 N–H and O–H groups in total. The van der Waals surface area contributed by atoms with Gasteiger partial charge in [0.05, 0.1) is 18.8 Å². The smallest absolute Gasteiger partial charge is 0.264 e. The van der Waals surface area contributed by atoms with Crippen LogP contribution in [0, 0.1) is 0 Å². The lowest BCUT2D eigenvalue weighted by Crippen LogP contribution is -2.26. The first kappa shape index (κ1) is 11.8. The summed E-state index contributed by atoms with van der Waals surface area (Å²) in [5.41, 5.74) is 0.412. The summed E-state index contributed by atoms with van der Waals surface area (Å²) in [4.78, 5) is 16.2. The van der Waals surface area contributed by atoms with Crippen molar-refractivity contribution >= 4 is 11.0 Å². The number of rotatable bonds is 4. The van der Waals surface area contributed by atoms with Gasteiger partial charge in [-0.05, 0) is 6.42 Å². The van der Waals surface area contributed by atoms with Crippen molar-refractivity contribution in [2.45, 2.75) is 32.4 Å². The van der Waals surface area contributed by atoms with Crippen LogP contribution >= 0.6 is 0 Å². The summed E-state index contributed by atoms with van der Waals surface area (Å²) in [6.07, 6.45) is 4.03. The topological polar surface area (TPSA) is 72.9 Å². The van der Waals surface area contributed by atoms with Gasteiger partial charge in [-0.1, -0.05) is 13.3 Å². The summed E-state index contributed by atoms with van der Waals surface area (Å²) in [5.74, 6) is 0. The summed E-state index contributed by atoms with van der Waals surface area (Å²) >= 11 is 0. The number of aliphatic hydroxyl groups is 1. The van der Waals surface area contributed by atoms with Crippen LogP contribution in [0.4, 0.5) is 0 Å². The Morgan fingerprint density at radius 3 is 3.00 bits per heavy atom. The highest BCUT2D eigenvalue weighted by Gasteiger charge is 2.10. The van der Waals surface area contributed by atoms with Crippen LogP contribution in [0.1, 0.15) is 19.8 Å². The van der Waals surface area contributed by atoms with Crippen molar-refractivity contribution in [3.05, 3.63) is 22.9 Å². The summed E-state index contributed by atoms with van der Waals surface area (Å²) in [6, 6.07) is 0. The van der Waals surface area contributed by atoms with E-state index in [0.717, 1.165) is 6.42 Å². The molecule has 1 atom stereocenters. The van der Waals surface area contributed by atoms with Crippen LogP contribution in [0.5, 0.6) is 0 Å². The third-order valence-electron chi connectivity index (χ3n) is 2.75. The lowest BCUT2D eigenvalue weighted by molar-refractivity contribution is 0.142. The highest BCUT2D eigenvalue weighted by molar-refractivity contribution is 5.72. The van der Waals surface area contributed by atoms with Gasteiger partial charge in [0.2, 0.25) is 0 Å². The second-order valence-corrected chi connectivity index (χ2v) is 4.15. The first-order valence-electron chi connectivity index (χ1n) is 5.68. The van der Waals surface area contributed by atoms with Crippen LogP contribution in [0.25, 0.3) is 11.0 Å². The van der Waals surface area contributed by atoms with E-state index in [4.69, 9.17) is 0 Å². The molecule has 0 aliphatic carbocycles. The van der Waals surface area contributed by atoms with Gasteiger partial charge in [-0.15, -0.1) is 0 Å². The molecule has 1 unspecified atom stereocenters. The highest BCUT2D eigenvalue weighted by Crippen LogP contribution is 2.04. The van der Waals surface area contributed by atoms with Crippen LogP contribution in [-0.4, -0.2) is 30.5 Å². The number of aryl methyl sites for hydroxylation is 1. The Hall–Kier alpha value is -1.69. The predicted molar refractivity (Wildman–Crippen MR) is 63.7 cm³/mol. The summed E-state index contributed by atoms with van der Waals surface area (Å²) < 4.78 is 2.99. The first-order chi connectivity index (χ1) is 8.13. The highest BCUT2D eigenvalue weighted by atomic mass is 16.3. The van der Waals surface area contributed by atoms with E-state index in [1.54, 1.807) is 11.7 Å². The van der Waals surface area contributed by atoms with E-state index in [2.05, 4.69) is 10.1 Å². The van der Waals surface area contributed by atoms with Gasteiger partial charge in [-0.3, -0.25) is 14.0 Å². The molecular weight excluding hydrogens is 220 g/mol. The van der Waals surface area contributed by atoms with E-state index < -0.39 is 6.10 Å². The number of aromatic nitrogens is 4. The third-order valence-corrected chi connectivity index (χ3v) is 2.75. The van der Waals surface area contributed by atoms with E-state index in [1.165, 1.54) is 17.1 Å². The number of hydrogen-bond donors (Lipinski definition) is 1. The molecule has 0 aromatic carbocycles. The molecule has 6 heteroatoms. The Balaban J connectivity index is 2.36. The monoisotopic (exact) mass is 236 g/mol. The Kier molecular flexibility index (Phi) is 3.23. The van der Waals surface area contributed by atoms with Crippen LogP contribution in [0.15, 0.2) is 17.3 Å². The van der Waals surface area contributed by atoms with Crippen molar-refractivity contribution in [1.82, 2.24) is 19.3 Å². The molecule has 0 saturated carbocycles. The minimum atomic E-state index is -0.506. The quantitative estimate of drug-likeness (QED) is 0.828. The standard InChI is InChI=1S/C11H16N4O2/c1-3-4-8(16)6-15-7-12-10-9(11(15)17)5-13-14(10)2/h5,7-8,16H,3-4,6H2,1-2H3. The summed E-state index contributed by atoms with van der Waals surface area (Å²) in [6.45, 7) is 2.28. The molecule has 0 radical (unpaired) electrons. The van der Waals surface area contributed by atoms with E-state index in [9.17, 15) is 9.90 Å². The van der Waals surface area contributed by atoms with Gasteiger partial charge >= 0.3 is 0 Å². The van der Waals surface area contributed by atoms with E-state index >= 15 is 0 Å². The maximum Gasteiger partial charge on any atom is 0.264 e. The molecule has 0 amide bonds. The fraction of sp³-hybridized carbons (Fsp3) is 0.545.